The monoisotopic (exact) mass is 490 g/mol. The highest BCUT2D eigenvalue weighted by Gasteiger charge is 2.28. The van der Waals surface area contributed by atoms with E-state index in [0.29, 0.717) is 11.2 Å². The average molecular weight is 491 g/mol. The molecule has 0 unspecified atom stereocenters. The normalized spacial score (nSPS) is 16.6. The van der Waals surface area contributed by atoms with Gasteiger partial charge in [0.15, 0.2) is 0 Å². The van der Waals surface area contributed by atoms with Crippen LogP contribution in [0, 0.1) is 5.82 Å². The fourth-order valence-electron chi connectivity index (χ4n) is 4.55. The number of halogens is 1. The van der Waals surface area contributed by atoms with Crippen LogP contribution >= 0.6 is 0 Å². The molecule has 1 amide bonds. The summed E-state index contributed by atoms with van der Waals surface area (Å²) in [6, 6.07) is 10.9. The van der Waals surface area contributed by atoms with E-state index in [2.05, 4.69) is 22.5 Å². The number of likely N-dealkylation sites (N-methyl/N-ethyl adjacent to an activating group) is 1. The number of carbonyl (C=O) groups is 1. The molecule has 36 heavy (non-hydrogen) atoms. The first kappa shape index (κ1) is 24.0. The molecular weight excluding hydrogens is 459 g/mol. The van der Waals surface area contributed by atoms with Crippen molar-refractivity contribution in [3.8, 4) is 0 Å². The Hall–Kier alpha value is -3.72. The number of pyridine rings is 1. The molecule has 1 N–H and O–H groups in total. The highest BCUT2D eigenvalue weighted by atomic mass is 19.1. The van der Waals surface area contributed by atoms with Gasteiger partial charge in [0.05, 0.1) is 17.4 Å². The van der Waals surface area contributed by atoms with Gasteiger partial charge in [0.1, 0.15) is 11.4 Å². The minimum Gasteiger partial charge on any atom is -0.378 e. The van der Waals surface area contributed by atoms with Crippen LogP contribution in [0.15, 0.2) is 52.5 Å². The highest BCUT2D eigenvalue weighted by Crippen LogP contribution is 2.38. The number of anilines is 2. The summed E-state index contributed by atoms with van der Waals surface area (Å²) in [7, 11) is 5.97. The van der Waals surface area contributed by atoms with Gasteiger partial charge < -0.3 is 19.3 Å². The zero-order valence-electron chi connectivity index (χ0n) is 20.9. The van der Waals surface area contributed by atoms with Crippen molar-refractivity contribution >= 4 is 34.4 Å². The van der Waals surface area contributed by atoms with E-state index >= 15 is 4.39 Å². The first-order valence-electron chi connectivity index (χ1n) is 12.2. The second kappa shape index (κ2) is 9.73. The fraction of sp³-hybridized carbons (Fsp3) is 0.370. The van der Waals surface area contributed by atoms with Crippen LogP contribution < -0.4 is 20.7 Å². The van der Waals surface area contributed by atoms with Crippen molar-refractivity contribution in [2.45, 2.75) is 18.9 Å². The van der Waals surface area contributed by atoms with Gasteiger partial charge >= 0.3 is 0 Å². The summed E-state index contributed by atoms with van der Waals surface area (Å²) in [5.74, 6) is -1.05. The molecule has 2 fully saturated rings. The predicted molar refractivity (Wildman–Crippen MR) is 142 cm³/mol. The number of nitrogens with zero attached hydrogens (tertiary/aromatic N) is 5. The molecule has 1 aromatic heterocycles. The van der Waals surface area contributed by atoms with Crippen LogP contribution in [0.5, 0.6) is 0 Å². The van der Waals surface area contributed by atoms with Crippen molar-refractivity contribution in [2.24, 2.45) is 5.10 Å². The minimum absolute atomic E-state index is 0.0405. The van der Waals surface area contributed by atoms with E-state index in [1.807, 2.05) is 52.7 Å². The lowest BCUT2D eigenvalue weighted by atomic mass is 10.1. The van der Waals surface area contributed by atoms with Crippen LogP contribution in [0.25, 0.3) is 10.9 Å². The van der Waals surface area contributed by atoms with Gasteiger partial charge in [-0.3, -0.25) is 9.59 Å². The van der Waals surface area contributed by atoms with E-state index < -0.39 is 17.2 Å². The van der Waals surface area contributed by atoms with Gasteiger partial charge in [0, 0.05) is 63.6 Å². The number of hydrogen-bond donors (Lipinski definition) is 1. The molecule has 3 aromatic rings. The molecule has 8 nitrogen and oxygen atoms in total. The van der Waals surface area contributed by atoms with Gasteiger partial charge in [0.25, 0.3) is 5.91 Å². The lowest BCUT2D eigenvalue weighted by Gasteiger charge is -2.34. The quantitative estimate of drug-likeness (QED) is 0.425. The van der Waals surface area contributed by atoms with Gasteiger partial charge in [-0.1, -0.05) is 12.1 Å². The minimum atomic E-state index is -0.610. The molecule has 5 rings (SSSR count). The Bertz CT molecular complexity index is 1370. The summed E-state index contributed by atoms with van der Waals surface area (Å²) in [5.41, 5.74) is 4.96. The molecule has 1 saturated carbocycles. The Balaban J connectivity index is 1.43. The number of aromatic nitrogens is 1. The zero-order valence-corrected chi connectivity index (χ0v) is 20.9. The summed E-state index contributed by atoms with van der Waals surface area (Å²) in [6.07, 6.45) is 5.05. The van der Waals surface area contributed by atoms with E-state index in [1.165, 1.54) is 12.3 Å². The highest BCUT2D eigenvalue weighted by molar-refractivity contribution is 5.98. The summed E-state index contributed by atoms with van der Waals surface area (Å²) in [4.78, 5) is 32.4. The molecule has 2 aliphatic rings. The van der Waals surface area contributed by atoms with Crippen LogP contribution in [0.4, 0.5) is 15.8 Å². The van der Waals surface area contributed by atoms with E-state index in [1.54, 1.807) is 12.3 Å². The molecular formula is C27H31FN6O2. The maximum Gasteiger partial charge on any atom is 0.276 e. The Morgan fingerprint density at radius 1 is 1.11 bits per heavy atom. The van der Waals surface area contributed by atoms with E-state index in [0.717, 1.165) is 50.3 Å². The molecule has 0 spiro atoms. The zero-order chi connectivity index (χ0) is 25.4. The largest absolute Gasteiger partial charge is 0.378 e. The number of carbonyl (C=O) groups excluding carboxylic acids is 1. The molecule has 1 aliphatic carbocycles. The third kappa shape index (κ3) is 4.83. The lowest BCUT2D eigenvalue weighted by Crippen LogP contribution is -2.44. The Morgan fingerprint density at radius 3 is 2.44 bits per heavy atom. The third-order valence-electron chi connectivity index (χ3n) is 6.92. The number of nitrogens with one attached hydrogen (secondary N) is 1. The Morgan fingerprint density at radius 2 is 1.81 bits per heavy atom. The number of hydrazone groups is 1. The SMILES string of the molecule is CN1CCN(c2cc3c(cc2F)c(=O)c(C(=O)N/N=C\c2ccc(N(C)C)cc2)cn3C2CC2)CC1. The van der Waals surface area contributed by atoms with E-state index in [-0.39, 0.29) is 17.0 Å². The molecule has 9 heteroatoms. The first-order chi connectivity index (χ1) is 17.3. The van der Waals surface area contributed by atoms with Crippen LogP contribution in [-0.2, 0) is 0 Å². The van der Waals surface area contributed by atoms with Crippen molar-refractivity contribution in [1.82, 2.24) is 14.9 Å². The van der Waals surface area contributed by atoms with Gasteiger partial charge in [0.2, 0.25) is 5.43 Å². The third-order valence-corrected chi connectivity index (χ3v) is 6.92. The van der Waals surface area contributed by atoms with Gasteiger partial charge in [-0.15, -0.1) is 0 Å². The number of rotatable bonds is 6. The molecule has 2 heterocycles. The van der Waals surface area contributed by atoms with Gasteiger partial charge in [-0.05, 0) is 49.7 Å². The second-order valence-corrected chi connectivity index (χ2v) is 9.81. The summed E-state index contributed by atoms with van der Waals surface area (Å²) >= 11 is 0. The molecule has 1 aliphatic heterocycles. The van der Waals surface area contributed by atoms with Crippen molar-refractivity contribution in [1.29, 1.82) is 0 Å². The Labute approximate surface area is 209 Å². The molecule has 2 aromatic carbocycles. The maximum atomic E-state index is 15.2. The first-order valence-corrected chi connectivity index (χ1v) is 12.2. The lowest BCUT2D eigenvalue weighted by molar-refractivity contribution is 0.0953. The van der Waals surface area contributed by atoms with Gasteiger partial charge in [-0.2, -0.15) is 5.10 Å². The number of piperazine rings is 1. The molecule has 0 bridgehead atoms. The van der Waals surface area contributed by atoms with Crippen LogP contribution in [0.2, 0.25) is 0 Å². The molecule has 0 atom stereocenters. The number of fused-ring (bicyclic) bond motifs is 1. The Kier molecular flexibility index (Phi) is 6.49. The number of benzene rings is 2. The summed E-state index contributed by atoms with van der Waals surface area (Å²) in [5, 5.41) is 4.25. The van der Waals surface area contributed by atoms with Crippen molar-refractivity contribution in [3.05, 3.63) is 69.8 Å². The topological polar surface area (TPSA) is 73.2 Å². The number of amides is 1. The predicted octanol–water partition coefficient (Wildman–Crippen LogP) is 3.06. The second-order valence-electron chi connectivity index (χ2n) is 9.81. The molecule has 0 radical (unpaired) electrons. The number of hydrogen-bond acceptors (Lipinski definition) is 6. The van der Waals surface area contributed by atoms with E-state index in [9.17, 15) is 9.59 Å². The van der Waals surface area contributed by atoms with Crippen molar-refractivity contribution < 1.29 is 9.18 Å². The van der Waals surface area contributed by atoms with Crippen molar-refractivity contribution in [3.63, 3.8) is 0 Å². The van der Waals surface area contributed by atoms with E-state index in [4.69, 9.17) is 0 Å². The standard InChI is InChI=1S/C27H31FN6O2/c1-31(2)19-6-4-18(5-7-19)16-29-30-27(36)22-17-34(20-8-9-20)24-15-25(23(28)14-21(24)26(22)35)33-12-10-32(3)11-13-33/h4-7,14-17,20H,8-13H2,1-3H3,(H,30,36)/b29-16-. The van der Waals surface area contributed by atoms with Crippen LogP contribution in [-0.4, -0.2) is 68.9 Å². The maximum absolute atomic E-state index is 15.2. The fourth-order valence-corrected chi connectivity index (χ4v) is 4.55. The average Bonchev–Trinajstić information content (AvgIpc) is 3.70. The van der Waals surface area contributed by atoms with Gasteiger partial charge in [-0.25, -0.2) is 9.82 Å². The molecule has 1 saturated heterocycles. The van der Waals surface area contributed by atoms with Crippen LogP contribution in [0.3, 0.4) is 0 Å². The van der Waals surface area contributed by atoms with Crippen LogP contribution in [0.1, 0.15) is 34.8 Å². The van der Waals surface area contributed by atoms with Crippen molar-refractivity contribution in [2.75, 3.05) is 57.1 Å². The smallest absolute Gasteiger partial charge is 0.276 e. The summed E-state index contributed by atoms with van der Waals surface area (Å²) in [6.45, 7) is 3.16. The molecule has 188 valence electrons. The summed E-state index contributed by atoms with van der Waals surface area (Å²) < 4.78 is 17.2.